The number of rotatable bonds is 18. The normalized spacial score (nSPS) is 43.2. The molecular weight excluding hydrogens is 1640 g/mol. The van der Waals surface area contributed by atoms with Crippen molar-refractivity contribution in [1.29, 1.82) is 0 Å². The molecular formula is C94H128F4N8O20. The summed E-state index contributed by atoms with van der Waals surface area (Å²) in [4.78, 5) is 113. The maximum atomic E-state index is 13.0. The molecule has 126 heavy (non-hydrogen) atoms. The Morgan fingerprint density at radius 1 is 0.349 bits per heavy atom. The predicted octanol–water partition coefficient (Wildman–Crippen LogP) is 16.1. The molecule has 32 heteroatoms. The number of anilines is 2. The van der Waals surface area contributed by atoms with Gasteiger partial charge in [-0.1, -0.05) is 61.5 Å². The van der Waals surface area contributed by atoms with Crippen molar-refractivity contribution in [3.63, 3.8) is 0 Å². The van der Waals surface area contributed by atoms with Gasteiger partial charge in [0, 0.05) is 87.8 Å². The Labute approximate surface area is 734 Å². The minimum Gasteiger partial charge on any atom is -0.352 e. The number of hydrogen-bond acceptors (Lipinski definition) is 24. The molecule has 4 amide bonds. The lowest BCUT2D eigenvalue weighted by Gasteiger charge is -2.60. The van der Waals surface area contributed by atoms with E-state index in [-0.39, 0.29) is 108 Å². The van der Waals surface area contributed by atoms with E-state index in [4.69, 9.17) is 77.0 Å². The molecule has 20 fully saturated rings. The van der Waals surface area contributed by atoms with Crippen molar-refractivity contribution < 1.29 is 114 Å². The van der Waals surface area contributed by atoms with Gasteiger partial charge in [-0.2, -0.15) is 8.78 Å². The molecule has 20 aliphatic rings. The highest BCUT2D eigenvalue weighted by atomic mass is 19.1. The molecule has 4 aromatic heterocycles. The van der Waals surface area contributed by atoms with Crippen LogP contribution in [0.15, 0.2) is 73.3 Å². The first-order valence-corrected chi connectivity index (χ1v) is 46.6. The highest BCUT2D eigenvalue weighted by molar-refractivity contribution is 5.90. The predicted molar refractivity (Wildman–Crippen MR) is 442 cm³/mol. The molecule has 24 rings (SSSR count). The Balaban J connectivity index is 0.000000119. The molecule has 16 saturated heterocycles. The Kier molecular flexibility index (Phi) is 26.6. The van der Waals surface area contributed by atoms with Crippen LogP contribution in [0.2, 0.25) is 0 Å². The van der Waals surface area contributed by atoms with E-state index in [9.17, 15) is 36.7 Å². The van der Waals surface area contributed by atoms with Crippen molar-refractivity contribution in [2.45, 2.75) is 345 Å². The van der Waals surface area contributed by atoms with E-state index in [0.29, 0.717) is 116 Å². The minimum atomic E-state index is -0.797. The number of carbonyl (C=O) groups is 4. The van der Waals surface area contributed by atoms with Crippen molar-refractivity contribution in [3.05, 3.63) is 108 Å². The van der Waals surface area contributed by atoms with Crippen LogP contribution in [0, 0.1) is 118 Å². The second-order valence-electron chi connectivity index (χ2n) is 40.3. The first-order valence-electron chi connectivity index (χ1n) is 46.6. The summed E-state index contributed by atoms with van der Waals surface area (Å²) in [5, 5.41) is 11.2. The molecule has 28 nitrogen and oxygen atoms in total. The average Bonchev–Trinajstić information content (AvgIpc) is 1.46. The number of hydrogen-bond donors (Lipinski definition) is 4. The van der Waals surface area contributed by atoms with Gasteiger partial charge in [0.2, 0.25) is 58.7 Å². The number of pyridine rings is 4. The summed E-state index contributed by atoms with van der Waals surface area (Å²) in [5.41, 5.74) is -0.425. The zero-order valence-corrected chi connectivity index (χ0v) is 74.6. The standard InChI is InChI=1S/2C24H33FN2O5.2C23H31FN2O5/c1-14-4-7-19-15(2)20(8-9-21(28)27-13-17-6-5-16(25)12-26-17)29-22-24(19)18(14)10-11-23(3,30-22)31-32-24;1-14-4-6-18-15(2)19(7-9-21(28)27-13-16-5-8-20(25)26-12-16)29-22-24(18)17(14)10-11-23(3,30-22)31-32-24;1-13-4-6-17-14(2)18(7-9-20(27)26-15-5-8-19(24)25-12-15)28-21-23(17)16(13)10-11-22(3,29-21)30-31-23;1-13-4-6-17-14(2)18(7-9-20(27)26-19-8-5-15(24)12-25-19)28-21-23(17)16(13)10-11-22(3,29-21)30-31-23/h5-6,12,14-15,18-20,22H,4,7-11,13H2,1-3H3,(H,27,28);5,8,12,14-15,17-19,22H,4,6-7,9-11,13H2,1-3H3,(H,27,28);5,8,12-14,16-18,21H,4,6-7,9-11H2,1-3H3,(H,26,27);5,8,12-14,16-18,21H,4,6-7,9-11H2,1-3H3,(H,25,26,27)/t14-,15-,18+,19+,20-,22-,23+,24-;14-,15-,17+,18+,19-,22-,23+,24-;2*13-,14-,16+,17+,18-,21-,22+,23-/m1111/s1. The van der Waals surface area contributed by atoms with Crippen LogP contribution in [-0.2, 0) is 109 Å². The third kappa shape index (κ3) is 17.8. The zero-order valence-electron chi connectivity index (χ0n) is 74.6. The zero-order chi connectivity index (χ0) is 88.6. The van der Waals surface area contributed by atoms with Gasteiger partial charge >= 0.3 is 0 Å². The highest BCUT2D eigenvalue weighted by Crippen LogP contribution is 2.66. The maximum Gasteiger partial charge on any atom is 0.225 e. The molecule has 4 N–H and O–H groups in total. The van der Waals surface area contributed by atoms with Crippen LogP contribution in [0.25, 0.3) is 0 Å². The lowest BCUT2D eigenvalue weighted by Crippen LogP contribution is -2.70. The maximum absolute atomic E-state index is 13.0. The van der Waals surface area contributed by atoms with Crippen LogP contribution in [0.3, 0.4) is 0 Å². The highest BCUT2D eigenvalue weighted by Gasteiger charge is 2.74. The second kappa shape index (κ2) is 36.6. The lowest BCUT2D eigenvalue weighted by molar-refractivity contribution is -0.571. The summed E-state index contributed by atoms with van der Waals surface area (Å²) in [6.07, 6.45) is 22.2. The van der Waals surface area contributed by atoms with E-state index < -0.39 is 94.2 Å². The molecule has 0 unspecified atom stereocenters. The Hall–Kier alpha value is -6.44. The van der Waals surface area contributed by atoms with Crippen LogP contribution >= 0.6 is 0 Å². The van der Waals surface area contributed by atoms with Crippen molar-refractivity contribution in [1.82, 2.24) is 30.6 Å². The lowest BCUT2D eigenvalue weighted by atomic mass is 9.57. The van der Waals surface area contributed by atoms with Crippen LogP contribution in [0.5, 0.6) is 0 Å². The van der Waals surface area contributed by atoms with Crippen molar-refractivity contribution in [3.8, 4) is 0 Å². The minimum absolute atomic E-state index is 0.0598. The molecule has 4 aliphatic carbocycles. The van der Waals surface area contributed by atoms with Gasteiger partial charge in [-0.25, -0.2) is 62.8 Å². The summed E-state index contributed by atoms with van der Waals surface area (Å²) < 4.78 is 103. The van der Waals surface area contributed by atoms with E-state index >= 15 is 0 Å². The molecule has 4 saturated carbocycles. The summed E-state index contributed by atoms with van der Waals surface area (Å²) in [6.45, 7) is 26.3. The quantitative estimate of drug-likeness (QED) is 0.0408. The van der Waals surface area contributed by atoms with Crippen LogP contribution in [0.1, 0.15) is 248 Å². The molecule has 0 radical (unpaired) electrons. The molecule has 32 atom stereocenters. The third-order valence-corrected chi connectivity index (χ3v) is 32.3. The third-order valence-electron chi connectivity index (χ3n) is 32.3. The number of nitrogens with one attached hydrogen (secondary N) is 4. The van der Waals surface area contributed by atoms with Gasteiger partial charge in [0.15, 0.2) is 47.6 Å². The first-order chi connectivity index (χ1) is 60.2. The molecule has 16 aliphatic heterocycles. The first kappa shape index (κ1) is 91.5. The Morgan fingerprint density at radius 2 is 0.690 bits per heavy atom. The largest absolute Gasteiger partial charge is 0.352 e. The molecule has 8 bridgehead atoms. The summed E-state index contributed by atoms with van der Waals surface area (Å²) in [7, 11) is 0. The average molecular weight is 1770 g/mol. The van der Waals surface area contributed by atoms with Crippen LogP contribution in [-0.4, -0.2) is 139 Å². The number of carbonyl (C=O) groups excluding carboxylic acids is 4. The van der Waals surface area contributed by atoms with E-state index in [1.54, 1.807) is 12.1 Å². The van der Waals surface area contributed by atoms with Crippen molar-refractivity contribution >= 4 is 35.1 Å². The van der Waals surface area contributed by atoms with Gasteiger partial charge in [0.05, 0.1) is 60.9 Å². The fourth-order valence-electron chi connectivity index (χ4n) is 25.2. The summed E-state index contributed by atoms with van der Waals surface area (Å²) in [6, 6.07) is 11.3. The summed E-state index contributed by atoms with van der Waals surface area (Å²) in [5.74, 6) is 0.142. The smallest absolute Gasteiger partial charge is 0.225 e. The Bertz CT molecular complexity index is 4210. The number of nitrogens with zero attached hydrogens (tertiary/aromatic N) is 4. The number of halogens is 4. The summed E-state index contributed by atoms with van der Waals surface area (Å²) >= 11 is 0. The van der Waals surface area contributed by atoms with Crippen molar-refractivity contribution in [2.24, 2.45) is 94.7 Å². The van der Waals surface area contributed by atoms with Crippen molar-refractivity contribution in [2.75, 3.05) is 10.6 Å². The molecule has 4 spiro atoms. The topological polar surface area (TPSA) is 316 Å². The van der Waals surface area contributed by atoms with Crippen LogP contribution in [0.4, 0.5) is 29.1 Å². The van der Waals surface area contributed by atoms with Gasteiger partial charge in [0.1, 0.15) is 17.5 Å². The monoisotopic (exact) mass is 1760 g/mol. The van der Waals surface area contributed by atoms with E-state index in [1.807, 2.05) is 27.7 Å². The Morgan fingerprint density at radius 3 is 1.02 bits per heavy atom. The number of fused-ring (bicyclic) bond motifs is 8. The van der Waals surface area contributed by atoms with Gasteiger partial charge < -0.3 is 59.2 Å². The van der Waals surface area contributed by atoms with Gasteiger partial charge in [0.25, 0.3) is 0 Å². The fourth-order valence-corrected chi connectivity index (χ4v) is 25.2. The van der Waals surface area contributed by atoms with E-state index in [1.165, 1.54) is 48.8 Å². The molecule has 0 aromatic carbocycles. The second-order valence-corrected chi connectivity index (χ2v) is 40.3. The van der Waals surface area contributed by atoms with Gasteiger partial charge in [-0.05, 0) is 249 Å². The van der Waals surface area contributed by atoms with E-state index in [2.05, 4.69) is 96.6 Å². The molecule has 4 aromatic rings. The van der Waals surface area contributed by atoms with E-state index in [0.717, 1.165) is 121 Å². The fraction of sp³-hybridized carbons (Fsp3) is 0.745. The molecule has 692 valence electrons. The number of aromatic nitrogens is 4. The van der Waals surface area contributed by atoms with Gasteiger partial charge in [-0.15, -0.1) is 0 Å². The SMILES string of the molecule is C[C@H]1[C@@H](CCC(=O)NCc2ccc(F)cn2)O[C@@H]2O[C@]3(C)CC[C@H]4[C@H](C)CC[C@@H]1[C@@]24OO3.C[C@H]1[C@@H](CCC(=O)NCc2ccc(F)nc2)O[C@@H]2O[C@]3(C)CC[C@H]4[C@H](C)CC[C@@H]1[C@@]24OO3.C[C@H]1[C@@H](CCC(=O)Nc2ccc(F)cn2)O[C@@H]2O[C@]3(C)CC[C@H]4[C@H](C)CC[C@@H]1[C@@]24OO3.C[C@H]1[C@@H](CCC(=O)Nc2ccc(F)nc2)O[C@@H]2O[C@]3(C)CC[C@H]4[C@H](C)CC[C@@H]1[C@@]24OO3. The van der Waals surface area contributed by atoms with Gasteiger partial charge in [-0.3, -0.25) is 24.2 Å². The number of amides is 4. The van der Waals surface area contributed by atoms with Crippen LogP contribution < -0.4 is 21.3 Å². The number of ether oxygens (including phenoxy) is 8. The molecule has 20 heterocycles.